The summed E-state index contributed by atoms with van der Waals surface area (Å²) in [5, 5.41) is 22.1. The summed E-state index contributed by atoms with van der Waals surface area (Å²) in [6.45, 7) is -0.0506. The van der Waals surface area contributed by atoms with Gasteiger partial charge in [-0.15, -0.1) is 0 Å². The first-order valence-electron chi connectivity index (χ1n) is 5.91. The highest BCUT2D eigenvalue weighted by Crippen LogP contribution is 2.22. The quantitative estimate of drug-likeness (QED) is 0.888. The van der Waals surface area contributed by atoms with E-state index in [9.17, 15) is 9.18 Å². The number of carbonyl (C=O) groups is 1. The zero-order chi connectivity index (χ0) is 14.7. The third kappa shape index (κ3) is 2.97. The van der Waals surface area contributed by atoms with Gasteiger partial charge in [-0.1, -0.05) is 11.6 Å². The standard InChI is InChI=1S/C13H12ClFN2O3/c14-10-4-3-9(15)6-11(10)17-7-8(2-1-5-18)12(16-17)13(19)20/h3-4,6-7,18H,1-2,5H2,(H,19,20). The maximum absolute atomic E-state index is 13.3. The van der Waals surface area contributed by atoms with Gasteiger partial charge in [-0.25, -0.2) is 13.9 Å². The van der Waals surface area contributed by atoms with Gasteiger partial charge in [0.1, 0.15) is 5.82 Å². The molecule has 0 radical (unpaired) electrons. The van der Waals surface area contributed by atoms with Crippen LogP contribution >= 0.6 is 11.6 Å². The highest BCUT2D eigenvalue weighted by atomic mass is 35.5. The Morgan fingerprint density at radius 3 is 2.85 bits per heavy atom. The number of aromatic carboxylic acids is 1. The van der Waals surface area contributed by atoms with Crippen LogP contribution in [0, 0.1) is 5.82 Å². The second kappa shape index (κ2) is 6.02. The molecule has 20 heavy (non-hydrogen) atoms. The van der Waals surface area contributed by atoms with Gasteiger partial charge in [0.2, 0.25) is 0 Å². The molecule has 0 saturated heterocycles. The van der Waals surface area contributed by atoms with Crippen molar-refractivity contribution >= 4 is 17.6 Å². The lowest BCUT2D eigenvalue weighted by Crippen LogP contribution is -2.03. The van der Waals surface area contributed by atoms with Crippen LogP contribution in [0.25, 0.3) is 5.69 Å². The minimum atomic E-state index is -1.18. The fraction of sp³-hybridized carbons (Fsp3) is 0.231. The average molecular weight is 299 g/mol. The molecule has 1 aromatic heterocycles. The Balaban J connectivity index is 2.47. The Morgan fingerprint density at radius 2 is 2.20 bits per heavy atom. The van der Waals surface area contributed by atoms with Gasteiger partial charge in [0.05, 0.1) is 10.7 Å². The number of benzene rings is 1. The number of rotatable bonds is 5. The summed E-state index contributed by atoms with van der Waals surface area (Å²) < 4.78 is 14.5. The molecule has 106 valence electrons. The Labute approximate surface area is 119 Å². The second-order valence-corrected chi connectivity index (χ2v) is 4.58. The van der Waals surface area contributed by atoms with Crippen LogP contribution in [-0.2, 0) is 6.42 Å². The maximum Gasteiger partial charge on any atom is 0.356 e. The molecular formula is C13H12ClFN2O3. The lowest BCUT2D eigenvalue weighted by molar-refractivity contribution is 0.0688. The summed E-state index contributed by atoms with van der Waals surface area (Å²) in [7, 11) is 0. The molecule has 0 unspecified atom stereocenters. The van der Waals surface area contributed by atoms with Crippen molar-refractivity contribution in [3.05, 3.63) is 46.5 Å². The molecule has 0 fully saturated rings. The molecule has 0 spiro atoms. The topological polar surface area (TPSA) is 75.3 Å². The molecule has 0 aliphatic rings. The SMILES string of the molecule is O=C(O)c1nn(-c2cc(F)ccc2Cl)cc1CCCO. The number of aliphatic hydroxyl groups is 1. The Morgan fingerprint density at radius 1 is 1.45 bits per heavy atom. The van der Waals surface area contributed by atoms with Gasteiger partial charge in [-0.2, -0.15) is 5.10 Å². The van der Waals surface area contributed by atoms with Crippen molar-refractivity contribution in [2.24, 2.45) is 0 Å². The van der Waals surface area contributed by atoms with Gasteiger partial charge in [0.25, 0.3) is 0 Å². The summed E-state index contributed by atoms with van der Waals surface area (Å²) in [6, 6.07) is 3.76. The molecule has 0 aliphatic carbocycles. The van der Waals surface area contributed by atoms with Crippen LogP contribution in [0.3, 0.4) is 0 Å². The normalized spacial score (nSPS) is 10.8. The number of aliphatic hydroxyl groups excluding tert-OH is 1. The van der Waals surface area contributed by atoms with E-state index < -0.39 is 11.8 Å². The molecule has 2 N–H and O–H groups in total. The molecule has 0 amide bonds. The third-order valence-corrected chi connectivity index (χ3v) is 3.07. The van der Waals surface area contributed by atoms with E-state index in [1.807, 2.05) is 0 Å². The first-order valence-corrected chi connectivity index (χ1v) is 6.29. The number of nitrogens with zero attached hydrogens (tertiary/aromatic N) is 2. The van der Waals surface area contributed by atoms with E-state index in [1.54, 1.807) is 0 Å². The van der Waals surface area contributed by atoms with Crippen LogP contribution in [0.15, 0.2) is 24.4 Å². The van der Waals surface area contributed by atoms with Crippen molar-refractivity contribution in [3.8, 4) is 5.69 Å². The molecule has 1 aromatic carbocycles. The Hall–Kier alpha value is -1.92. The fourth-order valence-corrected chi connectivity index (χ4v) is 2.03. The van der Waals surface area contributed by atoms with Crippen molar-refractivity contribution in [2.45, 2.75) is 12.8 Å². The number of aryl methyl sites for hydroxylation is 1. The molecule has 7 heteroatoms. The zero-order valence-corrected chi connectivity index (χ0v) is 11.1. The second-order valence-electron chi connectivity index (χ2n) is 4.18. The van der Waals surface area contributed by atoms with Crippen molar-refractivity contribution in [3.63, 3.8) is 0 Å². The van der Waals surface area contributed by atoms with Gasteiger partial charge in [0, 0.05) is 24.4 Å². The number of carboxylic acids is 1. The van der Waals surface area contributed by atoms with Crippen LogP contribution in [0.4, 0.5) is 4.39 Å². The van der Waals surface area contributed by atoms with E-state index in [0.717, 1.165) is 0 Å². The van der Waals surface area contributed by atoms with Crippen LogP contribution < -0.4 is 0 Å². The van der Waals surface area contributed by atoms with Crippen LogP contribution in [0.1, 0.15) is 22.5 Å². The Bertz CT molecular complexity index is 643. The van der Waals surface area contributed by atoms with Gasteiger partial charge >= 0.3 is 5.97 Å². The number of hydrogen-bond donors (Lipinski definition) is 2. The molecular weight excluding hydrogens is 287 g/mol. The first kappa shape index (κ1) is 14.5. The van der Waals surface area contributed by atoms with Crippen molar-refractivity contribution < 1.29 is 19.4 Å². The predicted octanol–water partition coefficient (Wildman–Crippen LogP) is 2.29. The summed E-state index contributed by atoms with van der Waals surface area (Å²) in [5.74, 6) is -1.67. The summed E-state index contributed by atoms with van der Waals surface area (Å²) in [4.78, 5) is 11.1. The van der Waals surface area contributed by atoms with Gasteiger partial charge < -0.3 is 10.2 Å². The summed E-state index contributed by atoms with van der Waals surface area (Å²) >= 11 is 5.96. The van der Waals surface area contributed by atoms with E-state index in [2.05, 4.69) is 5.10 Å². The highest BCUT2D eigenvalue weighted by molar-refractivity contribution is 6.32. The van der Waals surface area contributed by atoms with Crippen LogP contribution in [0.5, 0.6) is 0 Å². The lowest BCUT2D eigenvalue weighted by atomic mass is 10.1. The van der Waals surface area contributed by atoms with Crippen LogP contribution in [-0.4, -0.2) is 32.6 Å². The number of aromatic nitrogens is 2. The third-order valence-electron chi connectivity index (χ3n) is 2.75. The molecule has 0 bridgehead atoms. The van der Waals surface area contributed by atoms with Crippen molar-refractivity contribution in [1.29, 1.82) is 0 Å². The van der Waals surface area contributed by atoms with E-state index in [4.69, 9.17) is 21.8 Å². The molecule has 0 atom stereocenters. The monoisotopic (exact) mass is 298 g/mol. The maximum atomic E-state index is 13.3. The zero-order valence-electron chi connectivity index (χ0n) is 10.4. The van der Waals surface area contributed by atoms with Crippen LogP contribution in [0.2, 0.25) is 5.02 Å². The molecule has 0 aliphatic heterocycles. The molecule has 2 aromatic rings. The van der Waals surface area contributed by atoms with Crippen molar-refractivity contribution in [2.75, 3.05) is 6.61 Å². The predicted molar refractivity (Wildman–Crippen MR) is 70.9 cm³/mol. The number of carboxylic acid groups (broad SMARTS) is 1. The van der Waals surface area contributed by atoms with E-state index >= 15 is 0 Å². The fourth-order valence-electron chi connectivity index (χ4n) is 1.83. The summed E-state index contributed by atoms with van der Waals surface area (Å²) in [5.41, 5.74) is 0.607. The first-order chi connectivity index (χ1) is 9.52. The number of halogens is 2. The smallest absolute Gasteiger partial charge is 0.356 e. The van der Waals surface area contributed by atoms with Gasteiger partial charge in [-0.3, -0.25) is 0 Å². The van der Waals surface area contributed by atoms with Crippen molar-refractivity contribution in [1.82, 2.24) is 9.78 Å². The van der Waals surface area contributed by atoms with Gasteiger partial charge in [-0.05, 0) is 25.0 Å². The Kier molecular flexibility index (Phi) is 4.36. The molecule has 0 saturated carbocycles. The largest absolute Gasteiger partial charge is 0.476 e. The summed E-state index contributed by atoms with van der Waals surface area (Å²) in [6.07, 6.45) is 2.27. The molecule has 2 rings (SSSR count). The number of hydrogen-bond acceptors (Lipinski definition) is 3. The van der Waals surface area contributed by atoms with E-state index in [-0.39, 0.29) is 23.0 Å². The average Bonchev–Trinajstić information content (AvgIpc) is 2.83. The lowest BCUT2D eigenvalue weighted by Gasteiger charge is -2.03. The van der Waals surface area contributed by atoms with E-state index in [0.29, 0.717) is 18.4 Å². The minimum Gasteiger partial charge on any atom is -0.476 e. The van der Waals surface area contributed by atoms with E-state index in [1.165, 1.54) is 29.1 Å². The molecule has 1 heterocycles. The van der Waals surface area contributed by atoms with Gasteiger partial charge in [0.15, 0.2) is 5.69 Å². The molecule has 5 nitrogen and oxygen atoms in total. The highest BCUT2D eigenvalue weighted by Gasteiger charge is 2.17. The minimum absolute atomic E-state index is 0.0506.